The molecule has 1 rings (SSSR count). The highest BCUT2D eigenvalue weighted by atomic mass is 19.3. The van der Waals surface area contributed by atoms with Crippen molar-refractivity contribution in [1.29, 1.82) is 0 Å². The van der Waals surface area contributed by atoms with Gasteiger partial charge in [-0.25, -0.2) is 8.78 Å². The van der Waals surface area contributed by atoms with Gasteiger partial charge in [-0.3, -0.25) is 4.79 Å². The van der Waals surface area contributed by atoms with Crippen molar-refractivity contribution in [1.82, 2.24) is 4.90 Å². The van der Waals surface area contributed by atoms with E-state index in [0.29, 0.717) is 6.42 Å². The van der Waals surface area contributed by atoms with Crippen molar-refractivity contribution >= 4 is 5.91 Å². The standard InChI is InChI=1S/C11H19F2NO/c1-10(2,3)8-9(15)14-6-4-11(12,13)5-7-14/h4-8H2,1-3H3. The largest absolute Gasteiger partial charge is 0.342 e. The van der Waals surface area contributed by atoms with Crippen molar-refractivity contribution in [2.75, 3.05) is 13.1 Å². The van der Waals surface area contributed by atoms with E-state index in [4.69, 9.17) is 0 Å². The highest BCUT2D eigenvalue weighted by Crippen LogP contribution is 2.29. The molecule has 0 aromatic heterocycles. The second kappa shape index (κ2) is 4.06. The number of likely N-dealkylation sites (tertiary alicyclic amines) is 1. The summed E-state index contributed by atoms with van der Waals surface area (Å²) >= 11 is 0. The van der Waals surface area contributed by atoms with Gasteiger partial charge >= 0.3 is 0 Å². The SMILES string of the molecule is CC(C)(C)CC(=O)N1CCC(F)(F)CC1. The molecule has 1 saturated heterocycles. The molecule has 4 heteroatoms. The van der Waals surface area contributed by atoms with Crippen LogP contribution in [0.2, 0.25) is 0 Å². The van der Waals surface area contributed by atoms with Gasteiger partial charge in [-0.2, -0.15) is 0 Å². The first kappa shape index (κ1) is 12.4. The Labute approximate surface area is 89.6 Å². The zero-order valence-electron chi connectivity index (χ0n) is 9.65. The topological polar surface area (TPSA) is 20.3 Å². The maximum absolute atomic E-state index is 12.8. The minimum Gasteiger partial charge on any atom is -0.342 e. The van der Waals surface area contributed by atoms with E-state index in [2.05, 4.69) is 0 Å². The fourth-order valence-electron chi connectivity index (χ4n) is 1.65. The van der Waals surface area contributed by atoms with Crippen molar-refractivity contribution in [3.63, 3.8) is 0 Å². The van der Waals surface area contributed by atoms with Crippen LogP contribution in [0, 0.1) is 5.41 Å². The molecule has 1 amide bonds. The van der Waals surface area contributed by atoms with Gasteiger partial charge in [0.1, 0.15) is 0 Å². The Bertz CT molecular complexity index is 235. The Hall–Kier alpha value is -0.670. The molecule has 0 atom stereocenters. The van der Waals surface area contributed by atoms with E-state index in [1.54, 1.807) is 4.90 Å². The molecule has 2 nitrogen and oxygen atoms in total. The average Bonchev–Trinajstić information content (AvgIpc) is 2.00. The highest BCUT2D eigenvalue weighted by molar-refractivity contribution is 5.76. The summed E-state index contributed by atoms with van der Waals surface area (Å²) in [5.74, 6) is -2.57. The van der Waals surface area contributed by atoms with Crippen molar-refractivity contribution in [3.05, 3.63) is 0 Å². The summed E-state index contributed by atoms with van der Waals surface area (Å²) in [5.41, 5.74) is -0.0724. The van der Waals surface area contributed by atoms with E-state index < -0.39 is 5.92 Å². The van der Waals surface area contributed by atoms with Crippen molar-refractivity contribution in [2.24, 2.45) is 5.41 Å². The van der Waals surface area contributed by atoms with Crippen LogP contribution in [0.25, 0.3) is 0 Å². The van der Waals surface area contributed by atoms with Gasteiger partial charge in [0.05, 0.1) is 0 Å². The molecule has 0 aromatic carbocycles. The monoisotopic (exact) mass is 219 g/mol. The molecule has 0 bridgehead atoms. The van der Waals surface area contributed by atoms with Crippen LogP contribution in [0.3, 0.4) is 0 Å². The number of rotatable bonds is 1. The molecule has 1 heterocycles. The number of nitrogens with zero attached hydrogens (tertiary/aromatic N) is 1. The fourth-order valence-corrected chi connectivity index (χ4v) is 1.65. The molecule has 15 heavy (non-hydrogen) atoms. The first-order valence-corrected chi connectivity index (χ1v) is 5.35. The van der Waals surface area contributed by atoms with E-state index in [9.17, 15) is 13.6 Å². The maximum atomic E-state index is 12.8. The number of hydrogen-bond donors (Lipinski definition) is 0. The normalized spacial score (nSPS) is 21.5. The molecular weight excluding hydrogens is 200 g/mol. The molecule has 0 N–H and O–H groups in total. The predicted molar refractivity (Wildman–Crippen MR) is 54.8 cm³/mol. The predicted octanol–water partition coefficient (Wildman–Crippen LogP) is 2.68. The van der Waals surface area contributed by atoms with Crippen LogP contribution in [-0.2, 0) is 4.79 Å². The van der Waals surface area contributed by atoms with E-state index in [1.807, 2.05) is 20.8 Å². The molecule has 88 valence electrons. The lowest BCUT2D eigenvalue weighted by molar-refractivity contribution is -0.139. The molecule has 0 aliphatic carbocycles. The number of piperidine rings is 1. The Morgan fingerprint density at radius 3 is 2.13 bits per heavy atom. The molecule has 0 unspecified atom stereocenters. The Morgan fingerprint density at radius 2 is 1.73 bits per heavy atom. The van der Waals surface area contributed by atoms with Gasteiger partial charge in [-0.1, -0.05) is 20.8 Å². The molecule has 0 spiro atoms. The van der Waals surface area contributed by atoms with E-state index in [1.165, 1.54) is 0 Å². The summed E-state index contributed by atoms with van der Waals surface area (Å²) in [6, 6.07) is 0. The lowest BCUT2D eigenvalue weighted by Gasteiger charge is -2.33. The first-order chi connectivity index (χ1) is 6.70. The summed E-state index contributed by atoms with van der Waals surface area (Å²) in [5, 5.41) is 0. The molecule has 1 fully saturated rings. The van der Waals surface area contributed by atoms with Crippen molar-refractivity contribution < 1.29 is 13.6 Å². The third kappa shape index (κ3) is 4.14. The summed E-state index contributed by atoms with van der Waals surface area (Å²) in [6.45, 7) is 6.32. The number of carbonyl (C=O) groups is 1. The quantitative estimate of drug-likeness (QED) is 0.664. The number of carbonyl (C=O) groups excluding carboxylic acids is 1. The van der Waals surface area contributed by atoms with Gasteiger partial charge in [0.25, 0.3) is 5.92 Å². The Balaban J connectivity index is 2.44. The van der Waals surface area contributed by atoms with Crippen LogP contribution in [0.1, 0.15) is 40.0 Å². The van der Waals surface area contributed by atoms with E-state index in [0.717, 1.165) is 0 Å². The van der Waals surface area contributed by atoms with Crippen LogP contribution < -0.4 is 0 Å². The van der Waals surface area contributed by atoms with Gasteiger partial charge in [-0.15, -0.1) is 0 Å². The summed E-state index contributed by atoms with van der Waals surface area (Å²) in [6.07, 6.45) is 0.0460. The minimum atomic E-state index is -2.57. The summed E-state index contributed by atoms with van der Waals surface area (Å²) < 4.78 is 25.7. The molecule has 0 saturated carbocycles. The highest BCUT2D eigenvalue weighted by Gasteiger charge is 2.36. The number of amides is 1. The van der Waals surface area contributed by atoms with Crippen LogP contribution in [-0.4, -0.2) is 29.8 Å². The zero-order valence-corrected chi connectivity index (χ0v) is 9.65. The first-order valence-electron chi connectivity index (χ1n) is 5.35. The van der Waals surface area contributed by atoms with E-state index in [-0.39, 0.29) is 37.3 Å². The zero-order chi connectivity index (χ0) is 11.7. The second-order valence-corrected chi connectivity index (χ2v) is 5.47. The third-order valence-corrected chi connectivity index (χ3v) is 2.53. The molecular formula is C11H19F2NO. The second-order valence-electron chi connectivity index (χ2n) is 5.47. The van der Waals surface area contributed by atoms with Crippen LogP contribution in [0.4, 0.5) is 8.78 Å². The Kier molecular flexibility index (Phi) is 3.36. The van der Waals surface area contributed by atoms with Gasteiger partial charge in [0, 0.05) is 32.4 Å². The van der Waals surface area contributed by atoms with Gasteiger partial charge < -0.3 is 4.90 Å². The van der Waals surface area contributed by atoms with Crippen LogP contribution in [0.15, 0.2) is 0 Å². The molecule has 1 aliphatic rings. The van der Waals surface area contributed by atoms with Gasteiger partial charge in [0.2, 0.25) is 5.91 Å². The maximum Gasteiger partial charge on any atom is 0.251 e. The molecule has 1 aliphatic heterocycles. The Morgan fingerprint density at radius 1 is 1.27 bits per heavy atom. The smallest absolute Gasteiger partial charge is 0.251 e. The summed E-state index contributed by atoms with van der Waals surface area (Å²) in [4.78, 5) is 13.3. The van der Waals surface area contributed by atoms with Gasteiger partial charge in [-0.05, 0) is 5.41 Å². The minimum absolute atomic E-state index is 0.00185. The average molecular weight is 219 g/mol. The molecule has 0 aromatic rings. The van der Waals surface area contributed by atoms with Crippen molar-refractivity contribution in [2.45, 2.75) is 46.0 Å². The summed E-state index contributed by atoms with van der Waals surface area (Å²) in [7, 11) is 0. The van der Waals surface area contributed by atoms with Crippen LogP contribution in [0.5, 0.6) is 0 Å². The van der Waals surface area contributed by atoms with E-state index >= 15 is 0 Å². The number of alkyl halides is 2. The van der Waals surface area contributed by atoms with Crippen LogP contribution >= 0.6 is 0 Å². The third-order valence-electron chi connectivity index (χ3n) is 2.53. The fraction of sp³-hybridized carbons (Fsp3) is 0.909. The number of hydrogen-bond acceptors (Lipinski definition) is 1. The molecule has 0 radical (unpaired) electrons. The lowest BCUT2D eigenvalue weighted by atomic mass is 9.91. The van der Waals surface area contributed by atoms with Crippen molar-refractivity contribution in [3.8, 4) is 0 Å². The number of halogens is 2. The van der Waals surface area contributed by atoms with Gasteiger partial charge in [0.15, 0.2) is 0 Å². The lowest BCUT2D eigenvalue weighted by Crippen LogP contribution is -2.43.